The first kappa shape index (κ1) is 19.9. The standard InChI is InChI=1S/C20H28N2O4/c1-3-15(16-7-5-4-6-8-16)13-18(23)21(2)14-19(24)22-11-9-17(10-12-22)20(25)26/h4-8,15,17H,3,9-14H2,1-2H3,(H,25,26). The molecule has 0 aliphatic carbocycles. The van der Waals surface area contributed by atoms with Gasteiger partial charge < -0.3 is 14.9 Å². The fourth-order valence-electron chi connectivity index (χ4n) is 3.36. The van der Waals surface area contributed by atoms with Gasteiger partial charge in [-0.1, -0.05) is 37.3 Å². The van der Waals surface area contributed by atoms with E-state index in [2.05, 4.69) is 6.92 Å². The number of piperidine rings is 1. The molecule has 142 valence electrons. The van der Waals surface area contributed by atoms with E-state index in [1.54, 1.807) is 11.9 Å². The van der Waals surface area contributed by atoms with E-state index < -0.39 is 5.97 Å². The Bertz CT molecular complexity index is 624. The summed E-state index contributed by atoms with van der Waals surface area (Å²) >= 11 is 0. The Morgan fingerprint density at radius 1 is 1.19 bits per heavy atom. The third-order valence-corrected chi connectivity index (χ3v) is 5.18. The number of likely N-dealkylation sites (N-methyl/N-ethyl adjacent to an activating group) is 1. The maximum Gasteiger partial charge on any atom is 0.306 e. The van der Waals surface area contributed by atoms with Gasteiger partial charge in [0.25, 0.3) is 0 Å². The summed E-state index contributed by atoms with van der Waals surface area (Å²) in [6.07, 6.45) is 2.20. The van der Waals surface area contributed by atoms with E-state index in [0.29, 0.717) is 32.4 Å². The summed E-state index contributed by atoms with van der Waals surface area (Å²) in [4.78, 5) is 39.1. The molecule has 1 aliphatic heterocycles. The maximum atomic E-state index is 12.5. The molecule has 1 atom stereocenters. The number of carbonyl (C=O) groups excluding carboxylic acids is 2. The van der Waals surface area contributed by atoms with Crippen LogP contribution in [0.15, 0.2) is 30.3 Å². The van der Waals surface area contributed by atoms with Crippen molar-refractivity contribution in [1.82, 2.24) is 9.80 Å². The number of rotatable bonds is 7. The number of hydrogen-bond acceptors (Lipinski definition) is 3. The first-order valence-electron chi connectivity index (χ1n) is 9.21. The van der Waals surface area contributed by atoms with Crippen LogP contribution in [0.2, 0.25) is 0 Å². The van der Waals surface area contributed by atoms with E-state index in [-0.39, 0.29) is 30.2 Å². The minimum Gasteiger partial charge on any atom is -0.481 e. The molecule has 1 aliphatic rings. The van der Waals surface area contributed by atoms with Crippen molar-refractivity contribution in [3.8, 4) is 0 Å². The largest absolute Gasteiger partial charge is 0.481 e. The van der Waals surface area contributed by atoms with Gasteiger partial charge in [0.15, 0.2) is 0 Å². The van der Waals surface area contributed by atoms with Gasteiger partial charge in [-0.3, -0.25) is 14.4 Å². The number of benzene rings is 1. The van der Waals surface area contributed by atoms with Crippen molar-refractivity contribution < 1.29 is 19.5 Å². The van der Waals surface area contributed by atoms with E-state index in [1.807, 2.05) is 30.3 Å². The Morgan fingerprint density at radius 2 is 1.81 bits per heavy atom. The number of nitrogens with zero attached hydrogens (tertiary/aromatic N) is 2. The van der Waals surface area contributed by atoms with Crippen LogP contribution in [0.4, 0.5) is 0 Å². The predicted octanol–water partition coefficient (Wildman–Crippen LogP) is 2.35. The molecule has 1 N–H and O–H groups in total. The Hall–Kier alpha value is -2.37. The van der Waals surface area contributed by atoms with E-state index in [9.17, 15) is 14.4 Å². The van der Waals surface area contributed by atoms with Crippen molar-refractivity contribution in [2.45, 2.75) is 38.5 Å². The molecule has 26 heavy (non-hydrogen) atoms. The Labute approximate surface area is 154 Å². The van der Waals surface area contributed by atoms with Crippen LogP contribution in [0, 0.1) is 5.92 Å². The summed E-state index contributed by atoms with van der Waals surface area (Å²) < 4.78 is 0. The van der Waals surface area contributed by atoms with Gasteiger partial charge in [-0.25, -0.2) is 0 Å². The Morgan fingerprint density at radius 3 is 2.35 bits per heavy atom. The average Bonchev–Trinajstić information content (AvgIpc) is 2.66. The van der Waals surface area contributed by atoms with E-state index >= 15 is 0 Å². The van der Waals surface area contributed by atoms with Crippen LogP contribution >= 0.6 is 0 Å². The molecule has 0 aromatic heterocycles. The summed E-state index contributed by atoms with van der Waals surface area (Å²) in [5.41, 5.74) is 1.14. The highest BCUT2D eigenvalue weighted by molar-refractivity contribution is 5.85. The second-order valence-electron chi connectivity index (χ2n) is 6.96. The van der Waals surface area contributed by atoms with Gasteiger partial charge in [0.05, 0.1) is 12.5 Å². The van der Waals surface area contributed by atoms with Crippen molar-refractivity contribution in [2.75, 3.05) is 26.7 Å². The summed E-state index contributed by atoms with van der Waals surface area (Å²) in [6, 6.07) is 9.95. The van der Waals surface area contributed by atoms with Crippen LogP contribution in [0.1, 0.15) is 44.1 Å². The van der Waals surface area contributed by atoms with Crippen LogP contribution in [-0.2, 0) is 14.4 Å². The molecule has 6 heteroatoms. The smallest absolute Gasteiger partial charge is 0.306 e. The lowest BCUT2D eigenvalue weighted by molar-refractivity contribution is -0.146. The molecule has 0 radical (unpaired) electrons. The van der Waals surface area contributed by atoms with Crippen molar-refractivity contribution >= 4 is 17.8 Å². The molecule has 2 rings (SSSR count). The molecule has 1 fully saturated rings. The zero-order valence-electron chi connectivity index (χ0n) is 15.6. The van der Waals surface area contributed by atoms with Crippen molar-refractivity contribution in [3.63, 3.8) is 0 Å². The lowest BCUT2D eigenvalue weighted by Gasteiger charge is -2.31. The van der Waals surface area contributed by atoms with Crippen LogP contribution in [0.5, 0.6) is 0 Å². The molecule has 0 spiro atoms. The zero-order chi connectivity index (χ0) is 19.1. The van der Waals surface area contributed by atoms with Crippen molar-refractivity contribution in [3.05, 3.63) is 35.9 Å². The van der Waals surface area contributed by atoms with E-state index in [0.717, 1.165) is 12.0 Å². The zero-order valence-corrected chi connectivity index (χ0v) is 15.6. The normalized spacial score (nSPS) is 16.2. The highest BCUT2D eigenvalue weighted by Crippen LogP contribution is 2.24. The topological polar surface area (TPSA) is 77.9 Å². The average molecular weight is 360 g/mol. The molecule has 0 bridgehead atoms. The molecule has 1 heterocycles. The number of carbonyl (C=O) groups is 3. The van der Waals surface area contributed by atoms with Crippen LogP contribution < -0.4 is 0 Å². The van der Waals surface area contributed by atoms with Gasteiger partial charge in [0.1, 0.15) is 0 Å². The molecular formula is C20H28N2O4. The van der Waals surface area contributed by atoms with Crippen LogP contribution in [0.3, 0.4) is 0 Å². The van der Waals surface area contributed by atoms with E-state index in [1.165, 1.54) is 4.90 Å². The SMILES string of the molecule is CCC(CC(=O)N(C)CC(=O)N1CCC(C(=O)O)CC1)c1ccccc1. The van der Waals surface area contributed by atoms with Crippen LogP contribution in [0.25, 0.3) is 0 Å². The fraction of sp³-hybridized carbons (Fsp3) is 0.550. The summed E-state index contributed by atoms with van der Waals surface area (Å²) in [7, 11) is 1.65. The van der Waals surface area contributed by atoms with E-state index in [4.69, 9.17) is 5.11 Å². The number of hydrogen-bond donors (Lipinski definition) is 1. The maximum absolute atomic E-state index is 12.5. The van der Waals surface area contributed by atoms with Gasteiger partial charge >= 0.3 is 5.97 Å². The van der Waals surface area contributed by atoms with Crippen LogP contribution in [-0.4, -0.2) is 59.4 Å². The first-order chi connectivity index (χ1) is 12.4. The number of likely N-dealkylation sites (tertiary alicyclic amines) is 1. The molecule has 1 aromatic carbocycles. The summed E-state index contributed by atoms with van der Waals surface area (Å²) in [5.74, 6) is -1.18. The molecular weight excluding hydrogens is 332 g/mol. The Balaban J connectivity index is 1.84. The quantitative estimate of drug-likeness (QED) is 0.810. The molecule has 0 saturated carbocycles. The fourth-order valence-corrected chi connectivity index (χ4v) is 3.36. The Kier molecular flexibility index (Phi) is 7.18. The van der Waals surface area contributed by atoms with Gasteiger partial charge in [-0.2, -0.15) is 0 Å². The second kappa shape index (κ2) is 9.36. The second-order valence-corrected chi connectivity index (χ2v) is 6.96. The highest BCUT2D eigenvalue weighted by atomic mass is 16.4. The lowest BCUT2D eigenvalue weighted by Crippen LogP contribution is -2.45. The minimum atomic E-state index is -0.795. The third-order valence-electron chi connectivity index (χ3n) is 5.18. The number of amides is 2. The molecule has 6 nitrogen and oxygen atoms in total. The summed E-state index contributed by atoms with van der Waals surface area (Å²) in [5, 5.41) is 9.03. The molecule has 1 saturated heterocycles. The van der Waals surface area contributed by atoms with Gasteiger partial charge in [0, 0.05) is 26.6 Å². The van der Waals surface area contributed by atoms with Crippen molar-refractivity contribution in [1.29, 1.82) is 0 Å². The molecule has 1 unspecified atom stereocenters. The minimum absolute atomic E-state index is 0.0434. The molecule has 2 amide bonds. The van der Waals surface area contributed by atoms with Gasteiger partial charge in [-0.05, 0) is 30.7 Å². The third kappa shape index (κ3) is 5.31. The number of carboxylic acid groups (broad SMARTS) is 1. The van der Waals surface area contributed by atoms with Gasteiger partial charge in [0.2, 0.25) is 11.8 Å². The first-order valence-corrected chi connectivity index (χ1v) is 9.21. The highest BCUT2D eigenvalue weighted by Gasteiger charge is 2.28. The monoisotopic (exact) mass is 360 g/mol. The predicted molar refractivity (Wildman–Crippen MR) is 98.7 cm³/mol. The van der Waals surface area contributed by atoms with Gasteiger partial charge in [-0.15, -0.1) is 0 Å². The number of aliphatic carboxylic acids is 1. The lowest BCUT2D eigenvalue weighted by atomic mass is 9.93. The summed E-state index contributed by atoms with van der Waals surface area (Å²) in [6.45, 7) is 2.99. The molecule has 1 aromatic rings. The van der Waals surface area contributed by atoms with Crippen molar-refractivity contribution in [2.24, 2.45) is 5.92 Å². The number of carboxylic acids is 1.